The number of unbranched alkanes of at least 4 members (excludes halogenated alkanes) is 2. The van der Waals surface area contributed by atoms with E-state index >= 15 is 0 Å². The second-order valence-corrected chi connectivity index (χ2v) is 5.29. The molecule has 0 aliphatic carbocycles. The van der Waals surface area contributed by atoms with Crippen molar-refractivity contribution in [1.82, 2.24) is 4.90 Å². The molecule has 0 aromatic carbocycles. The van der Waals surface area contributed by atoms with Gasteiger partial charge in [0.15, 0.2) is 0 Å². The first-order valence-corrected chi connectivity index (χ1v) is 7.07. The standard InChI is InChI=1S/C11H23NS2/c1-4-7-9-12(10-8-5-2)11(13)14-6-3/h4-10H2,1-3H3. The highest BCUT2D eigenvalue weighted by atomic mass is 32.2. The number of rotatable bonds is 7. The highest BCUT2D eigenvalue weighted by molar-refractivity contribution is 8.22. The molecule has 0 radical (unpaired) electrons. The molecule has 1 nitrogen and oxygen atoms in total. The largest absolute Gasteiger partial charge is 0.358 e. The summed E-state index contributed by atoms with van der Waals surface area (Å²) in [6.07, 6.45) is 5.02. The summed E-state index contributed by atoms with van der Waals surface area (Å²) in [5.41, 5.74) is 0. The predicted octanol–water partition coefficient (Wildman–Crippen LogP) is 3.93. The van der Waals surface area contributed by atoms with Crippen LogP contribution in [0.2, 0.25) is 0 Å². The lowest BCUT2D eigenvalue weighted by Crippen LogP contribution is -2.29. The van der Waals surface area contributed by atoms with Gasteiger partial charge in [0.25, 0.3) is 0 Å². The van der Waals surface area contributed by atoms with Crippen LogP contribution in [0.4, 0.5) is 0 Å². The van der Waals surface area contributed by atoms with Gasteiger partial charge in [0, 0.05) is 13.1 Å². The molecule has 0 atom stereocenters. The maximum Gasteiger partial charge on any atom is 0.136 e. The smallest absolute Gasteiger partial charge is 0.136 e. The molecule has 0 amide bonds. The minimum absolute atomic E-state index is 1.09. The minimum atomic E-state index is 1.09. The number of thioether (sulfide) groups is 1. The van der Waals surface area contributed by atoms with Gasteiger partial charge in [-0.1, -0.05) is 57.6 Å². The summed E-state index contributed by atoms with van der Waals surface area (Å²) >= 11 is 7.19. The average Bonchev–Trinajstić information content (AvgIpc) is 2.18. The Bertz CT molecular complexity index is 140. The van der Waals surface area contributed by atoms with Crippen molar-refractivity contribution in [3.63, 3.8) is 0 Å². The Morgan fingerprint density at radius 3 is 1.93 bits per heavy atom. The fourth-order valence-electron chi connectivity index (χ4n) is 1.21. The van der Waals surface area contributed by atoms with Crippen LogP contribution in [0.3, 0.4) is 0 Å². The molecule has 0 N–H and O–H groups in total. The van der Waals surface area contributed by atoms with Gasteiger partial charge in [-0.15, -0.1) is 0 Å². The third-order valence-electron chi connectivity index (χ3n) is 2.09. The highest BCUT2D eigenvalue weighted by Gasteiger charge is 2.07. The quantitative estimate of drug-likeness (QED) is 0.614. The van der Waals surface area contributed by atoms with Gasteiger partial charge in [-0.2, -0.15) is 0 Å². The Balaban J connectivity index is 3.88. The van der Waals surface area contributed by atoms with Crippen molar-refractivity contribution in [3.8, 4) is 0 Å². The zero-order valence-electron chi connectivity index (χ0n) is 9.71. The van der Waals surface area contributed by atoms with Crippen molar-refractivity contribution in [2.45, 2.75) is 46.5 Å². The topological polar surface area (TPSA) is 3.24 Å². The second kappa shape index (κ2) is 9.78. The molecule has 0 aromatic rings. The summed E-state index contributed by atoms with van der Waals surface area (Å²) in [7, 11) is 0. The fourth-order valence-corrected chi connectivity index (χ4v) is 2.36. The van der Waals surface area contributed by atoms with E-state index in [0.717, 1.165) is 23.2 Å². The molecule has 0 heterocycles. The molecule has 0 aliphatic rings. The van der Waals surface area contributed by atoms with Gasteiger partial charge in [-0.3, -0.25) is 0 Å². The van der Waals surface area contributed by atoms with E-state index < -0.39 is 0 Å². The Hall–Kier alpha value is 0.240. The Morgan fingerprint density at radius 2 is 1.57 bits per heavy atom. The third kappa shape index (κ3) is 6.66. The van der Waals surface area contributed by atoms with E-state index in [9.17, 15) is 0 Å². The summed E-state index contributed by atoms with van der Waals surface area (Å²) in [4.78, 5) is 2.37. The van der Waals surface area contributed by atoms with Gasteiger partial charge in [0.1, 0.15) is 4.32 Å². The normalized spacial score (nSPS) is 10.2. The van der Waals surface area contributed by atoms with Crippen molar-refractivity contribution in [2.75, 3.05) is 18.8 Å². The second-order valence-electron chi connectivity index (χ2n) is 3.39. The maximum atomic E-state index is 5.39. The lowest BCUT2D eigenvalue weighted by molar-refractivity contribution is 0.411. The van der Waals surface area contributed by atoms with Crippen molar-refractivity contribution >= 4 is 28.3 Å². The first-order chi connectivity index (χ1) is 6.76. The van der Waals surface area contributed by atoms with Crippen LogP contribution >= 0.6 is 24.0 Å². The zero-order valence-corrected chi connectivity index (χ0v) is 11.3. The van der Waals surface area contributed by atoms with E-state index in [2.05, 4.69) is 25.7 Å². The summed E-state index contributed by atoms with van der Waals surface area (Å²) in [5, 5.41) is 0. The van der Waals surface area contributed by atoms with Crippen LogP contribution in [0.15, 0.2) is 0 Å². The van der Waals surface area contributed by atoms with Gasteiger partial charge >= 0.3 is 0 Å². The van der Waals surface area contributed by atoms with Crippen LogP contribution in [-0.4, -0.2) is 28.1 Å². The molecule has 0 saturated carbocycles. The summed E-state index contributed by atoms with van der Waals surface area (Å²) in [6.45, 7) is 8.90. The van der Waals surface area contributed by atoms with Crippen LogP contribution in [0.25, 0.3) is 0 Å². The molecule has 3 heteroatoms. The lowest BCUT2D eigenvalue weighted by Gasteiger charge is -2.24. The average molecular weight is 233 g/mol. The SMILES string of the molecule is CCCCN(CCCC)C(=S)SCC. The van der Waals surface area contributed by atoms with E-state index in [0.29, 0.717) is 0 Å². The molecule has 14 heavy (non-hydrogen) atoms. The zero-order chi connectivity index (χ0) is 10.8. The highest BCUT2D eigenvalue weighted by Crippen LogP contribution is 2.11. The molecular formula is C11H23NS2. The summed E-state index contributed by atoms with van der Waals surface area (Å²) in [5.74, 6) is 1.09. The van der Waals surface area contributed by atoms with E-state index in [4.69, 9.17) is 12.2 Å². The number of nitrogens with zero attached hydrogens (tertiary/aromatic N) is 1. The molecular weight excluding hydrogens is 210 g/mol. The van der Waals surface area contributed by atoms with Crippen LogP contribution in [-0.2, 0) is 0 Å². The van der Waals surface area contributed by atoms with Gasteiger partial charge in [-0.05, 0) is 18.6 Å². The monoisotopic (exact) mass is 233 g/mol. The first-order valence-electron chi connectivity index (χ1n) is 5.67. The van der Waals surface area contributed by atoms with E-state index in [1.54, 1.807) is 11.8 Å². The first kappa shape index (κ1) is 14.2. The van der Waals surface area contributed by atoms with Gasteiger partial charge < -0.3 is 4.90 Å². The Morgan fingerprint density at radius 1 is 1.07 bits per heavy atom. The molecule has 0 rings (SSSR count). The molecule has 0 aromatic heterocycles. The molecule has 84 valence electrons. The van der Waals surface area contributed by atoms with Crippen molar-refractivity contribution < 1.29 is 0 Å². The molecule has 0 saturated heterocycles. The maximum absolute atomic E-state index is 5.39. The van der Waals surface area contributed by atoms with Crippen molar-refractivity contribution in [1.29, 1.82) is 0 Å². The van der Waals surface area contributed by atoms with Crippen molar-refractivity contribution in [2.24, 2.45) is 0 Å². The minimum Gasteiger partial charge on any atom is -0.358 e. The number of hydrogen-bond acceptors (Lipinski definition) is 2. The third-order valence-corrected chi connectivity index (χ3v) is 3.49. The van der Waals surface area contributed by atoms with Gasteiger partial charge in [0.2, 0.25) is 0 Å². The van der Waals surface area contributed by atoms with Crippen LogP contribution < -0.4 is 0 Å². The van der Waals surface area contributed by atoms with Crippen LogP contribution in [0, 0.1) is 0 Å². The number of hydrogen-bond donors (Lipinski definition) is 0. The Labute approximate surface area is 98.6 Å². The molecule has 0 spiro atoms. The van der Waals surface area contributed by atoms with E-state index in [1.807, 2.05) is 0 Å². The van der Waals surface area contributed by atoms with Gasteiger partial charge in [-0.25, -0.2) is 0 Å². The fraction of sp³-hybridized carbons (Fsp3) is 0.909. The lowest BCUT2D eigenvalue weighted by atomic mass is 10.3. The molecule has 0 aliphatic heterocycles. The number of thiocarbonyl (C=S) groups is 1. The van der Waals surface area contributed by atoms with Crippen LogP contribution in [0.5, 0.6) is 0 Å². The molecule has 0 fully saturated rings. The molecule has 0 unspecified atom stereocenters. The van der Waals surface area contributed by atoms with Gasteiger partial charge in [0.05, 0.1) is 0 Å². The van der Waals surface area contributed by atoms with E-state index in [-0.39, 0.29) is 0 Å². The summed E-state index contributed by atoms with van der Waals surface area (Å²) < 4.78 is 1.09. The van der Waals surface area contributed by atoms with Crippen molar-refractivity contribution in [3.05, 3.63) is 0 Å². The predicted molar refractivity (Wildman–Crippen MR) is 72.1 cm³/mol. The van der Waals surface area contributed by atoms with E-state index in [1.165, 1.54) is 25.7 Å². The Kier molecular flexibility index (Phi) is 9.95. The molecule has 0 bridgehead atoms. The van der Waals surface area contributed by atoms with Crippen LogP contribution in [0.1, 0.15) is 46.5 Å². The summed E-state index contributed by atoms with van der Waals surface area (Å²) in [6, 6.07) is 0.